The second-order valence-corrected chi connectivity index (χ2v) is 4.42. The van der Waals surface area contributed by atoms with Crippen molar-refractivity contribution < 1.29 is 19.5 Å². The molecule has 1 aromatic carbocycles. The first kappa shape index (κ1) is 12.3. The van der Waals surface area contributed by atoms with Gasteiger partial charge in [-0.1, -0.05) is 19.1 Å². The third-order valence-corrected chi connectivity index (χ3v) is 3.44. The number of imide groups is 1. The molecular formula is C13H13NO4. The molecule has 0 fully saturated rings. The lowest BCUT2D eigenvalue weighted by atomic mass is 9.96. The highest BCUT2D eigenvalue weighted by Gasteiger charge is 2.49. The standard InChI is InChI=1S/C13H13NO4/c1-3-13(2,12(17)18)14-10(15)8-6-4-5-7-9(8)11(14)16/h4-7H,3H2,1-2H3,(H,17,18). The van der Waals surface area contributed by atoms with Gasteiger partial charge in [0.05, 0.1) is 11.1 Å². The summed E-state index contributed by atoms with van der Waals surface area (Å²) in [6.45, 7) is 3.02. The van der Waals surface area contributed by atoms with Crippen LogP contribution in [0.2, 0.25) is 0 Å². The maximum atomic E-state index is 12.2. The first-order valence-electron chi connectivity index (χ1n) is 5.64. The number of fused-ring (bicyclic) bond motifs is 1. The summed E-state index contributed by atoms with van der Waals surface area (Å²) in [6.07, 6.45) is 0.161. The van der Waals surface area contributed by atoms with Crippen LogP contribution >= 0.6 is 0 Å². The Morgan fingerprint density at radius 1 is 1.22 bits per heavy atom. The predicted molar refractivity (Wildman–Crippen MR) is 63.3 cm³/mol. The third kappa shape index (κ3) is 1.44. The Labute approximate surface area is 104 Å². The average molecular weight is 247 g/mol. The van der Waals surface area contributed by atoms with E-state index < -0.39 is 23.3 Å². The summed E-state index contributed by atoms with van der Waals surface area (Å²) >= 11 is 0. The Kier molecular flexibility index (Phi) is 2.69. The molecule has 94 valence electrons. The van der Waals surface area contributed by atoms with Gasteiger partial charge >= 0.3 is 5.97 Å². The lowest BCUT2D eigenvalue weighted by molar-refractivity contribution is -0.147. The Bertz CT molecular complexity index is 517. The van der Waals surface area contributed by atoms with E-state index in [0.717, 1.165) is 4.90 Å². The van der Waals surface area contributed by atoms with Crippen molar-refractivity contribution in [1.82, 2.24) is 4.90 Å². The van der Waals surface area contributed by atoms with Crippen LogP contribution in [-0.2, 0) is 4.79 Å². The SMILES string of the molecule is CCC(C)(C(=O)O)N1C(=O)c2ccccc2C1=O. The number of hydrogen-bond donors (Lipinski definition) is 1. The predicted octanol–water partition coefficient (Wildman–Crippen LogP) is 1.54. The van der Waals surface area contributed by atoms with E-state index in [4.69, 9.17) is 0 Å². The van der Waals surface area contributed by atoms with Gasteiger partial charge in [-0.05, 0) is 25.5 Å². The second-order valence-electron chi connectivity index (χ2n) is 4.42. The number of amides is 2. The van der Waals surface area contributed by atoms with E-state index in [-0.39, 0.29) is 17.5 Å². The van der Waals surface area contributed by atoms with Gasteiger partial charge < -0.3 is 5.11 Å². The van der Waals surface area contributed by atoms with Crippen LogP contribution in [0.25, 0.3) is 0 Å². The van der Waals surface area contributed by atoms with Crippen molar-refractivity contribution in [2.45, 2.75) is 25.8 Å². The molecule has 5 nitrogen and oxygen atoms in total. The summed E-state index contributed by atoms with van der Waals surface area (Å²) in [5.41, 5.74) is -0.973. The molecule has 1 heterocycles. The van der Waals surface area contributed by atoms with Gasteiger partial charge in [-0.25, -0.2) is 4.79 Å². The number of nitrogens with zero attached hydrogens (tertiary/aromatic N) is 1. The molecule has 1 atom stereocenters. The summed E-state index contributed by atoms with van der Waals surface area (Å²) in [7, 11) is 0. The number of aliphatic carboxylic acids is 1. The summed E-state index contributed by atoms with van der Waals surface area (Å²) in [4.78, 5) is 36.5. The molecule has 1 aromatic rings. The minimum atomic E-state index is -1.51. The third-order valence-electron chi connectivity index (χ3n) is 3.44. The van der Waals surface area contributed by atoms with Gasteiger partial charge in [-0.15, -0.1) is 0 Å². The van der Waals surface area contributed by atoms with Crippen LogP contribution < -0.4 is 0 Å². The van der Waals surface area contributed by atoms with Crippen molar-refractivity contribution in [3.63, 3.8) is 0 Å². The molecule has 5 heteroatoms. The fourth-order valence-corrected chi connectivity index (χ4v) is 2.04. The van der Waals surface area contributed by atoms with E-state index in [1.807, 2.05) is 0 Å². The largest absolute Gasteiger partial charge is 0.479 e. The van der Waals surface area contributed by atoms with E-state index >= 15 is 0 Å². The van der Waals surface area contributed by atoms with Gasteiger partial charge in [-0.3, -0.25) is 14.5 Å². The molecule has 0 saturated carbocycles. The van der Waals surface area contributed by atoms with Crippen molar-refractivity contribution in [2.24, 2.45) is 0 Å². The first-order chi connectivity index (χ1) is 8.43. The lowest BCUT2D eigenvalue weighted by Gasteiger charge is -2.32. The van der Waals surface area contributed by atoms with Crippen molar-refractivity contribution in [2.75, 3.05) is 0 Å². The van der Waals surface area contributed by atoms with Gasteiger partial charge in [0.15, 0.2) is 0 Å². The van der Waals surface area contributed by atoms with Crippen molar-refractivity contribution >= 4 is 17.8 Å². The zero-order valence-corrected chi connectivity index (χ0v) is 10.1. The number of carbonyl (C=O) groups excluding carboxylic acids is 2. The Morgan fingerprint density at radius 2 is 1.67 bits per heavy atom. The summed E-state index contributed by atoms with van der Waals surface area (Å²) in [5, 5.41) is 9.26. The monoisotopic (exact) mass is 247 g/mol. The molecule has 1 aliphatic heterocycles. The molecule has 0 radical (unpaired) electrons. The molecule has 0 aliphatic carbocycles. The van der Waals surface area contributed by atoms with E-state index in [2.05, 4.69) is 0 Å². The quantitative estimate of drug-likeness (QED) is 0.822. The number of carboxylic acid groups (broad SMARTS) is 1. The molecule has 2 rings (SSSR count). The zero-order valence-electron chi connectivity index (χ0n) is 10.1. The van der Waals surface area contributed by atoms with Gasteiger partial charge in [-0.2, -0.15) is 0 Å². The number of hydrogen-bond acceptors (Lipinski definition) is 3. The molecule has 2 amide bonds. The molecule has 0 spiro atoms. The first-order valence-corrected chi connectivity index (χ1v) is 5.64. The summed E-state index contributed by atoms with van der Waals surface area (Å²) < 4.78 is 0. The van der Waals surface area contributed by atoms with Crippen LogP contribution in [0.1, 0.15) is 41.0 Å². The second kappa shape index (κ2) is 3.94. The molecule has 0 bridgehead atoms. The maximum Gasteiger partial charge on any atom is 0.329 e. The smallest absolute Gasteiger partial charge is 0.329 e. The molecule has 1 aliphatic rings. The highest BCUT2D eigenvalue weighted by Crippen LogP contribution is 2.31. The minimum absolute atomic E-state index is 0.161. The van der Waals surface area contributed by atoms with E-state index in [0.29, 0.717) is 0 Å². The fraction of sp³-hybridized carbons (Fsp3) is 0.308. The van der Waals surface area contributed by atoms with Crippen LogP contribution in [0.15, 0.2) is 24.3 Å². The number of rotatable bonds is 3. The van der Waals surface area contributed by atoms with Crippen molar-refractivity contribution in [1.29, 1.82) is 0 Å². The molecule has 0 aromatic heterocycles. The Morgan fingerprint density at radius 3 is 2.00 bits per heavy atom. The Hall–Kier alpha value is -2.17. The molecule has 0 saturated heterocycles. The number of benzene rings is 1. The number of carboxylic acids is 1. The summed E-state index contributed by atoms with van der Waals surface area (Å²) in [6, 6.07) is 6.37. The number of carbonyl (C=O) groups is 3. The van der Waals surface area contributed by atoms with Crippen LogP contribution in [-0.4, -0.2) is 33.3 Å². The molecular weight excluding hydrogens is 234 g/mol. The fourth-order valence-electron chi connectivity index (χ4n) is 2.04. The molecule has 1 N–H and O–H groups in total. The van der Waals surface area contributed by atoms with Gasteiger partial charge in [0.25, 0.3) is 11.8 Å². The van der Waals surface area contributed by atoms with Crippen LogP contribution in [0.3, 0.4) is 0 Å². The minimum Gasteiger partial charge on any atom is -0.479 e. The lowest BCUT2D eigenvalue weighted by Crippen LogP contribution is -2.54. The van der Waals surface area contributed by atoms with Crippen molar-refractivity contribution in [3.8, 4) is 0 Å². The normalized spacial score (nSPS) is 17.6. The van der Waals surface area contributed by atoms with Crippen LogP contribution in [0.4, 0.5) is 0 Å². The maximum absolute atomic E-state index is 12.2. The van der Waals surface area contributed by atoms with Crippen molar-refractivity contribution in [3.05, 3.63) is 35.4 Å². The highest BCUT2D eigenvalue weighted by molar-refractivity contribution is 6.23. The highest BCUT2D eigenvalue weighted by atomic mass is 16.4. The zero-order chi connectivity index (χ0) is 13.5. The average Bonchev–Trinajstić information content (AvgIpc) is 2.62. The Balaban J connectivity index is 2.55. The van der Waals surface area contributed by atoms with Gasteiger partial charge in [0, 0.05) is 0 Å². The van der Waals surface area contributed by atoms with E-state index in [9.17, 15) is 19.5 Å². The molecule has 18 heavy (non-hydrogen) atoms. The van der Waals surface area contributed by atoms with Gasteiger partial charge in [0.2, 0.25) is 0 Å². The summed E-state index contributed by atoms with van der Waals surface area (Å²) in [5.74, 6) is -2.26. The van der Waals surface area contributed by atoms with Crippen LogP contribution in [0, 0.1) is 0 Å². The van der Waals surface area contributed by atoms with Crippen LogP contribution in [0.5, 0.6) is 0 Å². The van der Waals surface area contributed by atoms with E-state index in [1.165, 1.54) is 19.1 Å². The molecule has 1 unspecified atom stereocenters. The topological polar surface area (TPSA) is 74.7 Å². The van der Waals surface area contributed by atoms with Gasteiger partial charge in [0.1, 0.15) is 5.54 Å². The van der Waals surface area contributed by atoms with E-state index in [1.54, 1.807) is 19.1 Å².